The van der Waals surface area contributed by atoms with Crippen molar-refractivity contribution in [2.45, 2.75) is 33.7 Å². The number of rotatable bonds is 7. The molecule has 0 aliphatic carbocycles. The van der Waals surface area contributed by atoms with Crippen LogP contribution in [0.4, 0.5) is 4.39 Å². The van der Waals surface area contributed by atoms with Crippen molar-refractivity contribution in [1.29, 1.82) is 0 Å². The van der Waals surface area contributed by atoms with Crippen LogP contribution in [0.1, 0.15) is 25.1 Å². The molecule has 26 heavy (non-hydrogen) atoms. The molecule has 140 valence electrons. The molecule has 0 unspecified atom stereocenters. The third kappa shape index (κ3) is 4.16. The fourth-order valence-electron chi connectivity index (χ4n) is 2.88. The number of amides is 1. The molecule has 0 spiro atoms. The molecule has 0 aliphatic heterocycles. The molecule has 2 rings (SSSR count). The number of aromatic nitrogens is 2. The van der Waals surface area contributed by atoms with Crippen molar-refractivity contribution < 1.29 is 14.3 Å². The number of carbonyl (C=O) groups excluding carboxylic acids is 1. The molecule has 0 bridgehead atoms. The van der Waals surface area contributed by atoms with Gasteiger partial charge in [0.1, 0.15) is 18.2 Å². The lowest BCUT2D eigenvalue weighted by molar-refractivity contribution is -0.131. The molecule has 1 amide bonds. The smallest absolute Gasteiger partial charge is 0.257 e. The molecule has 7 heteroatoms. The topological polar surface area (TPSA) is 75.4 Å². The summed E-state index contributed by atoms with van der Waals surface area (Å²) in [6.45, 7) is 6.18. The second-order valence-electron chi connectivity index (χ2n) is 5.94. The van der Waals surface area contributed by atoms with Gasteiger partial charge in [0.15, 0.2) is 0 Å². The normalized spacial score (nSPS) is 10.8. The van der Waals surface area contributed by atoms with E-state index >= 15 is 0 Å². The number of halogens is 1. The fraction of sp³-hybridized carbons (Fsp3) is 0.421. The molecule has 1 N–H and O–H groups in total. The molecule has 0 radical (unpaired) electrons. The van der Waals surface area contributed by atoms with Gasteiger partial charge in [0, 0.05) is 42.9 Å². The summed E-state index contributed by atoms with van der Waals surface area (Å²) in [5.41, 5.74) is 1.07. The molecule has 1 aromatic carbocycles. The largest absolute Gasteiger partial charge is 0.396 e. The Labute approximate surface area is 151 Å². The standard InChI is InChI=1S/C19H24FN3O3/c1-4-22(5-2)17(25)12-23-18(14-6-8-15(20)9-7-14)21-13(3)16(10-11-24)19(23)26/h6-9,24H,4-5,10-12H2,1-3H3. The zero-order valence-corrected chi connectivity index (χ0v) is 15.3. The average molecular weight is 361 g/mol. The molecule has 0 saturated heterocycles. The number of nitrogens with zero attached hydrogens (tertiary/aromatic N) is 3. The Hall–Kier alpha value is -2.54. The quantitative estimate of drug-likeness (QED) is 0.815. The third-order valence-electron chi connectivity index (χ3n) is 4.34. The van der Waals surface area contributed by atoms with E-state index in [1.165, 1.54) is 28.8 Å². The highest BCUT2D eigenvalue weighted by Crippen LogP contribution is 2.18. The van der Waals surface area contributed by atoms with Crippen LogP contribution in [0.25, 0.3) is 11.4 Å². The summed E-state index contributed by atoms with van der Waals surface area (Å²) < 4.78 is 14.6. The summed E-state index contributed by atoms with van der Waals surface area (Å²) in [5.74, 6) is -0.272. The maximum Gasteiger partial charge on any atom is 0.257 e. The number of aliphatic hydroxyl groups is 1. The van der Waals surface area contributed by atoms with Gasteiger partial charge in [0.25, 0.3) is 5.56 Å². The van der Waals surface area contributed by atoms with Gasteiger partial charge in [-0.25, -0.2) is 9.37 Å². The van der Waals surface area contributed by atoms with Crippen molar-refractivity contribution in [2.24, 2.45) is 0 Å². The van der Waals surface area contributed by atoms with Crippen molar-refractivity contribution in [2.75, 3.05) is 19.7 Å². The van der Waals surface area contributed by atoms with E-state index in [1.54, 1.807) is 11.8 Å². The van der Waals surface area contributed by atoms with Crippen LogP contribution in [0.15, 0.2) is 29.1 Å². The molecular weight excluding hydrogens is 337 g/mol. The number of carbonyl (C=O) groups is 1. The van der Waals surface area contributed by atoms with E-state index in [4.69, 9.17) is 0 Å². The van der Waals surface area contributed by atoms with Gasteiger partial charge in [0.2, 0.25) is 5.91 Å². The molecule has 1 aromatic heterocycles. The predicted octanol–water partition coefficient (Wildman–Crippen LogP) is 1.76. The van der Waals surface area contributed by atoms with Crippen molar-refractivity contribution in [3.8, 4) is 11.4 Å². The number of hydrogen-bond acceptors (Lipinski definition) is 4. The van der Waals surface area contributed by atoms with E-state index in [0.29, 0.717) is 35.7 Å². The van der Waals surface area contributed by atoms with Gasteiger partial charge >= 0.3 is 0 Å². The Kier molecular flexibility index (Phi) is 6.63. The molecule has 0 saturated carbocycles. The molecule has 2 aromatic rings. The Morgan fingerprint density at radius 2 is 1.85 bits per heavy atom. The molecule has 0 atom stereocenters. The molecular formula is C19H24FN3O3. The Bertz CT molecular complexity index is 827. The SMILES string of the molecule is CCN(CC)C(=O)Cn1c(-c2ccc(F)cc2)nc(C)c(CCO)c1=O. The van der Waals surface area contributed by atoms with Crippen LogP contribution in [0.2, 0.25) is 0 Å². The van der Waals surface area contributed by atoms with Gasteiger partial charge in [-0.05, 0) is 45.0 Å². The maximum absolute atomic E-state index is 13.3. The van der Waals surface area contributed by atoms with Crippen LogP contribution in [0.3, 0.4) is 0 Å². The van der Waals surface area contributed by atoms with Crippen LogP contribution in [-0.2, 0) is 17.8 Å². The van der Waals surface area contributed by atoms with Gasteiger partial charge in [-0.3, -0.25) is 14.2 Å². The number of aryl methyl sites for hydroxylation is 1. The number of likely N-dealkylation sites (N-methyl/N-ethyl adjacent to an activating group) is 1. The number of aliphatic hydroxyl groups excluding tert-OH is 1. The number of benzene rings is 1. The van der Waals surface area contributed by atoms with E-state index in [1.807, 2.05) is 13.8 Å². The second-order valence-corrected chi connectivity index (χ2v) is 5.94. The van der Waals surface area contributed by atoms with Gasteiger partial charge in [-0.1, -0.05) is 0 Å². The maximum atomic E-state index is 13.3. The van der Waals surface area contributed by atoms with E-state index in [2.05, 4.69) is 4.98 Å². The van der Waals surface area contributed by atoms with Gasteiger partial charge in [-0.2, -0.15) is 0 Å². The zero-order chi connectivity index (χ0) is 19.3. The lowest BCUT2D eigenvalue weighted by Crippen LogP contribution is -2.38. The Balaban J connectivity index is 2.61. The van der Waals surface area contributed by atoms with Crippen molar-refractivity contribution >= 4 is 5.91 Å². The molecule has 0 aliphatic rings. The summed E-state index contributed by atoms with van der Waals surface area (Å²) in [5, 5.41) is 9.23. The minimum Gasteiger partial charge on any atom is -0.396 e. The zero-order valence-electron chi connectivity index (χ0n) is 15.3. The monoisotopic (exact) mass is 361 g/mol. The summed E-state index contributed by atoms with van der Waals surface area (Å²) in [6.07, 6.45) is 0.167. The van der Waals surface area contributed by atoms with E-state index in [9.17, 15) is 19.1 Å². The molecule has 1 heterocycles. The van der Waals surface area contributed by atoms with Gasteiger partial charge in [-0.15, -0.1) is 0 Å². The Morgan fingerprint density at radius 3 is 2.38 bits per heavy atom. The number of hydrogen-bond donors (Lipinski definition) is 1. The van der Waals surface area contributed by atoms with Crippen LogP contribution in [0, 0.1) is 12.7 Å². The van der Waals surface area contributed by atoms with E-state index in [0.717, 1.165) is 0 Å². The summed E-state index contributed by atoms with van der Waals surface area (Å²) in [4.78, 5) is 31.6. The second kappa shape index (κ2) is 8.71. The highest BCUT2D eigenvalue weighted by atomic mass is 19.1. The average Bonchev–Trinajstić information content (AvgIpc) is 2.62. The first-order valence-electron chi connectivity index (χ1n) is 8.67. The first kappa shape index (κ1) is 19.8. The minimum absolute atomic E-state index is 0.154. The fourth-order valence-corrected chi connectivity index (χ4v) is 2.88. The third-order valence-corrected chi connectivity index (χ3v) is 4.34. The van der Waals surface area contributed by atoms with Gasteiger partial charge in [0.05, 0.1) is 0 Å². The van der Waals surface area contributed by atoms with Crippen LogP contribution >= 0.6 is 0 Å². The van der Waals surface area contributed by atoms with Crippen LogP contribution < -0.4 is 5.56 Å². The molecule has 0 fully saturated rings. The predicted molar refractivity (Wildman–Crippen MR) is 97.3 cm³/mol. The van der Waals surface area contributed by atoms with Crippen molar-refractivity contribution in [3.63, 3.8) is 0 Å². The van der Waals surface area contributed by atoms with Crippen molar-refractivity contribution in [3.05, 3.63) is 51.7 Å². The van der Waals surface area contributed by atoms with Crippen LogP contribution in [0.5, 0.6) is 0 Å². The van der Waals surface area contributed by atoms with Crippen LogP contribution in [-0.4, -0.2) is 45.2 Å². The summed E-state index contributed by atoms with van der Waals surface area (Å²) in [6, 6.07) is 5.63. The van der Waals surface area contributed by atoms with Crippen molar-refractivity contribution in [1.82, 2.24) is 14.5 Å². The Morgan fingerprint density at radius 1 is 1.23 bits per heavy atom. The minimum atomic E-state index is -0.393. The van der Waals surface area contributed by atoms with E-state index in [-0.39, 0.29) is 31.0 Å². The highest BCUT2D eigenvalue weighted by Gasteiger charge is 2.19. The van der Waals surface area contributed by atoms with Gasteiger partial charge < -0.3 is 10.0 Å². The first-order chi connectivity index (χ1) is 12.4. The first-order valence-corrected chi connectivity index (χ1v) is 8.67. The lowest BCUT2D eigenvalue weighted by Gasteiger charge is -2.21. The highest BCUT2D eigenvalue weighted by molar-refractivity contribution is 5.76. The molecule has 6 nitrogen and oxygen atoms in total. The summed E-state index contributed by atoms with van der Waals surface area (Å²) in [7, 11) is 0. The lowest BCUT2D eigenvalue weighted by atomic mass is 10.1. The van der Waals surface area contributed by atoms with E-state index < -0.39 is 5.82 Å². The summed E-state index contributed by atoms with van der Waals surface area (Å²) >= 11 is 0.